The molecule has 2 N–H and O–H groups in total. The molecule has 1 unspecified atom stereocenters. The summed E-state index contributed by atoms with van der Waals surface area (Å²) in [6.07, 6.45) is 6.61. The molecule has 190 valence electrons. The second-order valence-corrected chi connectivity index (χ2v) is 10.5. The number of nitrogens with zero attached hydrogens (tertiary/aromatic N) is 2. The van der Waals surface area contributed by atoms with Crippen molar-refractivity contribution >= 4 is 29.5 Å². The van der Waals surface area contributed by atoms with Crippen LogP contribution in [0.25, 0.3) is 0 Å². The van der Waals surface area contributed by atoms with Crippen LogP contribution in [-0.2, 0) is 23.9 Å². The number of nitrogens with one attached hydrogen (secondary N) is 2. The van der Waals surface area contributed by atoms with Crippen molar-refractivity contribution in [2.75, 3.05) is 25.0 Å². The topological polar surface area (TPSA) is 118 Å². The zero-order valence-electron chi connectivity index (χ0n) is 20.6. The first-order chi connectivity index (χ1) is 16.8. The summed E-state index contributed by atoms with van der Waals surface area (Å²) in [5.41, 5.74) is 0.812. The molecule has 2 aliphatic heterocycles. The molecule has 1 aliphatic carbocycles. The van der Waals surface area contributed by atoms with E-state index in [0.717, 1.165) is 37.1 Å². The maximum Gasteiger partial charge on any atom is 0.310 e. The summed E-state index contributed by atoms with van der Waals surface area (Å²) in [6.45, 7) is 5.54. The van der Waals surface area contributed by atoms with Crippen molar-refractivity contribution in [2.45, 2.75) is 70.8 Å². The first-order valence-corrected chi connectivity index (χ1v) is 12.8. The number of piperidine rings is 1. The summed E-state index contributed by atoms with van der Waals surface area (Å²) < 4.78 is 5.36. The smallest absolute Gasteiger partial charge is 0.310 e. The van der Waals surface area contributed by atoms with Crippen LogP contribution in [0.15, 0.2) is 18.3 Å². The van der Waals surface area contributed by atoms with Crippen molar-refractivity contribution in [3.8, 4) is 0 Å². The van der Waals surface area contributed by atoms with Gasteiger partial charge in [-0.05, 0) is 56.1 Å². The SMILES string of the molecule is CC(C)COC(=O)[C@@H]1CCN(C(=O)[C@H]2CC[C@H](Nc3ccc(C4CCC(=O)NC4=O)cn3)CC2)C1. The van der Waals surface area contributed by atoms with Crippen molar-refractivity contribution in [1.82, 2.24) is 15.2 Å². The number of hydrogen-bond donors (Lipinski definition) is 2. The van der Waals surface area contributed by atoms with Crippen LogP contribution in [0.3, 0.4) is 0 Å². The van der Waals surface area contributed by atoms with Crippen LogP contribution < -0.4 is 10.6 Å². The normalized spacial score (nSPS) is 27.0. The number of ether oxygens (including phenoxy) is 1. The molecular formula is C26H36N4O5. The number of amides is 3. The minimum absolute atomic E-state index is 0.00124. The number of anilines is 1. The molecule has 1 aromatic heterocycles. The highest BCUT2D eigenvalue weighted by Gasteiger charge is 2.36. The number of pyridine rings is 1. The van der Waals surface area contributed by atoms with Gasteiger partial charge in [-0.1, -0.05) is 19.9 Å². The predicted octanol–water partition coefficient (Wildman–Crippen LogP) is 2.62. The van der Waals surface area contributed by atoms with Gasteiger partial charge in [0.1, 0.15) is 5.82 Å². The standard InChI is InChI=1S/C26H36N4O5/c1-16(2)15-35-26(34)19-11-12-30(14-19)25(33)17-3-6-20(7-4-17)28-22-9-5-18(13-27-22)21-8-10-23(31)29-24(21)32/h5,9,13,16-17,19-21H,3-4,6-8,10-12,14-15H2,1-2H3,(H,27,28)(H,29,31,32)/t17-,19-,20-,21?/m1/s1. The van der Waals surface area contributed by atoms with E-state index in [9.17, 15) is 19.2 Å². The van der Waals surface area contributed by atoms with Crippen LogP contribution in [0, 0.1) is 17.8 Å². The van der Waals surface area contributed by atoms with Gasteiger partial charge in [0.15, 0.2) is 0 Å². The Labute approximate surface area is 206 Å². The van der Waals surface area contributed by atoms with Crippen LogP contribution in [-0.4, -0.2) is 59.3 Å². The Hall–Kier alpha value is -2.97. The average molecular weight is 485 g/mol. The molecule has 3 aliphatic rings. The molecule has 9 heteroatoms. The van der Waals surface area contributed by atoms with E-state index in [1.165, 1.54) is 0 Å². The van der Waals surface area contributed by atoms with E-state index in [1.807, 2.05) is 30.9 Å². The largest absolute Gasteiger partial charge is 0.465 e. The molecule has 0 spiro atoms. The number of likely N-dealkylation sites (tertiary alicyclic amines) is 1. The Morgan fingerprint density at radius 3 is 2.54 bits per heavy atom. The van der Waals surface area contributed by atoms with Gasteiger partial charge in [0, 0.05) is 37.7 Å². The molecule has 0 bridgehead atoms. The summed E-state index contributed by atoms with van der Waals surface area (Å²) in [6, 6.07) is 4.00. The molecule has 3 fully saturated rings. The van der Waals surface area contributed by atoms with Gasteiger partial charge in [0.25, 0.3) is 0 Å². The molecule has 3 heterocycles. The third-order valence-electron chi connectivity index (χ3n) is 7.25. The van der Waals surface area contributed by atoms with Crippen molar-refractivity contribution in [1.29, 1.82) is 0 Å². The van der Waals surface area contributed by atoms with Crippen LogP contribution >= 0.6 is 0 Å². The fourth-order valence-electron chi connectivity index (χ4n) is 5.18. The third-order valence-corrected chi connectivity index (χ3v) is 7.25. The summed E-state index contributed by atoms with van der Waals surface area (Å²) in [5.74, 6) is 0.0128. The lowest BCUT2D eigenvalue weighted by Gasteiger charge is -2.31. The molecule has 4 rings (SSSR count). The summed E-state index contributed by atoms with van der Waals surface area (Å²) >= 11 is 0. The number of carbonyl (C=O) groups excluding carboxylic acids is 4. The van der Waals surface area contributed by atoms with Gasteiger partial charge < -0.3 is 15.0 Å². The van der Waals surface area contributed by atoms with Crippen molar-refractivity contribution in [3.05, 3.63) is 23.9 Å². The van der Waals surface area contributed by atoms with Gasteiger partial charge in [-0.2, -0.15) is 0 Å². The number of carbonyl (C=O) groups is 4. The molecule has 2 saturated heterocycles. The van der Waals surface area contributed by atoms with E-state index in [2.05, 4.69) is 15.6 Å². The Kier molecular flexibility index (Phi) is 8.03. The minimum Gasteiger partial charge on any atom is -0.465 e. The first-order valence-electron chi connectivity index (χ1n) is 12.8. The molecular weight excluding hydrogens is 448 g/mol. The Bertz CT molecular complexity index is 940. The van der Waals surface area contributed by atoms with E-state index in [4.69, 9.17) is 4.74 Å². The molecule has 0 radical (unpaired) electrons. The van der Waals surface area contributed by atoms with Crippen LogP contribution in [0.2, 0.25) is 0 Å². The number of aromatic nitrogens is 1. The van der Waals surface area contributed by atoms with Crippen LogP contribution in [0.5, 0.6) is 0 Å². The van der Waals surface area contributed by atoms with E-state index >= 15 is 0 Å². The number of esters is 1. The molecule has 1 aromatic rings. The lowest BCUT2D eigenvalue weighted by molar-refractivity contribution is -0.149. The van der Waals surface area contributed by atoms with Gasteiger partial charge in [-0.3, -0.25) is 24.5 Å². The average Bonchev–Trinajstić information content (AvgIpc) is 3.34. The first kappa shape index (κ1) is 25.1. The Morgan fingerprint density at radius 2 is 1.89 bits per heavy atom. The zero-order valence-corrected chi connectivity index (χ0v) is 20.6. The van der Waals surface area contributed by atoms with E-state index < -0.39 is 0 Å². The molecule has 3 amide bonds. The number of imide groups is 1. The zero-order chi connectivity index (χ0) is 24.9. The third kappa shape index (κ3) is 6.38. The lowest BCUT2D eigenvalue weighted by Crippen LogP contribution is -2.39. The van der Waals surface area contributed by atoms with E-state index in [1.54, 1.807) is 6.20 Å². The predicted molar refractivity (Wildman–Crippen MR) is 129 cm³/mol. The molecule has 1 saturated carbocycles. The highest BCUT2D eigenvalue weighted by atomic mass is 16.5. The lowest BCUT2D eigenvalue weighted by atomic mass is 9.85. The van der Waals surface area contributed by atoms with Gasteiger partial charge in [-0.15, -0.1) is 0 Å². The second kappa shape index (κ2) is 11.2. The highest BCUT2D eigenvalue weighted by molar-refractivity contribution is 6.00. The second-order valence-electron chi connectivity index (χ2n) is 10.5. The Balaban J connectivity index is 1.21. The quantitative estimate of drug-likeness (QED) is 0.451. The monoisotopic (exact) mass is 484 g/mol. The number of rotatable bonds is 7. The number of hydrogen-bond acceptors (Lipinski definition) is 7. The molecule has 35 heavy (non-hydrogen) atoms. The van der Waals surface area contributed by atoms with Crippen LogP contribution in [0.1, 0.15) is 70.3 Å². The molecule has 0 aromatic carbocycles. The van der Waals surface area contributed by atoms with E-state index in [0.29, 0.717) is 44.9 Å². The summed E-state index contributed by atoms with van der Waals surface area (Å²) in [4.78, 5) is 55.0. The fraction of sp³-hybridized carbons (Fsp3) is 0.654. The Morgan fingerprint density at radius 1 is 1.11 bits per heavy atom. The minimum atomic E-state index is -0.335. The van der Waals surface area contributed by atoms with Gasteiger partial charge in [0.05, 0.1) is 18.4 Å². The summed E-state index contributed by atoms with van der Waals surface area (Å²) in [7, 11) is 0. The van der Waals surface area contributed by atoms with E-state index in [-0.39, 0.29) is 47.5 Å². The van der Waals surface area contributed by atoms with Gasteiger partial charge in [-0.25, -0.2) is 4.98 Å². The highest BCUT2D eigenvalue weighted by Crippen LogP contribution is 2.30. The summed E-state index contributed by atoms with van der Waals surface area (Å²) in [5, 5.41) is 5.84. The van der Waals surface area contributed by atoms with Crippen molar-refractivity contribution in [2.24, 2.45) is 17.8 Å². The van der Waals surface area contributed by atoms with Gasteiger partial charge >= 0.3 is 5.97 Å². The van der Waals surface area contributed by atoms with Crippen molar-refractivity contribution < 1.29 is 23.9 Å². The fourth-order valence-corrected chi connectivity index (χ4v) is 5.18. The maximum absolute atomic E-state index is 13.0. The molecule has 9 nitrogen and oxygen atoms in total. The maximum atomic E-state index is 13.0. The van der Waals surface area contributed by atoms with Crippen LogP contribution in [0.4, 0.5) is 5.82 Å². The molecule has 2 atom stereocenters. The van der Waals surface area contributed by atoms with Crippen molar-refractivity contribution in [3.63, 3.8) is 0 Å². The van der Waals surface area contributed by atoms with Gasteiger partial charge in [0.2, 0.25) is 17.7 Å².